The molecule has 1 heterocycles. The average Bonchev–Trinajstić information content (AvgIpc) is 2.85. The third-order valence-electron chi connectivity index (χ3n) is 6.66. The molecule has 4 rings (SSSR count). The molecular weight excluding hydrogens is 645 g/mol. The van der Waals surface area contributed by atoms with Crippen LogP contribution in [0.25, 0.3) is 0 Å². The van der Waals surface area contributed by atoms with Crippen molar-refractivity contribution in [2.45, 2.75) is 94.7 Å². The molecule has 8 nitrogen and oxygen atoms in total. The van der Waals surface area contributed by atoms with Gasteiger partial charge in [0.1, 0.15) is 0 Å². The Morgan fingerprint density at radius 2 is 1.44 bits per heavy atom. The van der Waals surface area contributed by atoms with Gasteiger partial charge in [0.05, 0.1) is 0 Å². The van der Waals surface area contributed by atoms with E-state index in [4.69, 9.17) is 4.74 Å². The second kappa shape index (κ2) is 14.3. The predicted molar refractivity (Wildman–Crippen MR) is 179 cm³/mol. The van der Waals surface area contributed by atoms with Crippen molar-refractivity contribution in [1.82, 2.24) is 15.8 Å². The molecule has 0 aromatic heterocycles. The fourth-order valence-electron chi connectivity index (χ4n) is 4.25. The quantitative estimate of drug-likeness (QED) is 0.303. The monoisotopic (exact) mass is 697 g/mol. The Kier molecular flexibility index (Phi) is 11.5. The third kappa shape index (κ3) is 11.6. The number of Topliss-reactive ketones (excluding diaryl/α,β-unsaturated/α-hetero) is 1. The molecule has 0 radical (unpaired) electrons. The first-order chi connectivity index (χ1) is 19.9. The van der Waals surface area contributed by atoms with Crippen LogP contribution >= 0.6 is 0 Å². The van der Waals surface area contributed by atoms with Gasteiger partial charge in [0.2, 0.25) is 0 Å². The SMILES string of the molecule is CC(C)(C)C.CC(C)(C)OC(=O)N(CC(=O)C1CCC1)Cc1cc(C2=NNC(c3ccccc3)=NN2)c[c]([Sn]([CH3])([CH3])[CH3])c1. The van der Waals surface area contributed by atoms with E-state index in [1.807, 2.05) is 57.2 Å². The van der Waals surface area contributed by atoms with E-state index in [1.54, 1.807) is 4.90 Å². The van der Waals surface area contributed by atoms with E-state index in [-0.39, 0.29) is 24.8 Å². The van der Waals surface area contributed by atoms with Gasteiger partial charge >= 0.3 is 230 Å². The first kappa shape index (κ1) is 34.6. The molecule has 1 saturated carbocycles. The summed E-state index contributed by atoms with van der Waals surface area (Å²) in [5.74, 6) is 1.42. The van der Waals surface area contributed by atoms with Crippen LogP contribution in [0.15, 0.2) is 58.7 Å². The zero-order valence-electron chi connectivity index (χ0n) is 27.8. The first-order valence-corrected chi connectivity index (χ1v) is 25.3. The first-order valence-electron chi connectivity index (χ1n) is 15.3. The number of carbonyl (C=O) groups excluding carboxylic acids is 2. The number of amides is 1. The maximum atomic E-state index is 13.2. The number of hydrogen-bond donors (Lipinski definition) is 2. The van der Waals surface area contributed by atoms with Crippen molar-refractivity contribution in [3.05, 3.63) is 65.2 Å². The van der Waals surface area contributed by atoms with Crippen LogP contribution in [0.4, 0.5) is 4.79 Å². The number of hydrogen-bond acceptors (Lipinski definition) is 7. The minimum absolute atomic E-state index is 0.0520. The summed E-state index contributed by atoms with van der Waals surface area (Å²) in [5.41, 5.74) is 8.78. The standard InChI is InChI=1S/C26H30N5O3.C5H12.3CH3.Sn/c1-26(2,3)34-25(33)31(17-22(32)19-12-8-13-19)16-18-9-7-14-21(15-18)24-29-27-23(28-30-24)20-10-5-4-6-11-20;1-5(2,3)4;;;;/h4-6,9-11,14-15,19H,8,12-13,16-17H2,1-3H3,(H,27,28)(H,29,30);1-4H3;3*1H3;. The van der Waals surface area contributed by atoms with Crippen molar-refractivity contribution in [3.63, 3.8) is 0 Å². The van der Waals surface area contributed by atoms with E-state index < -0.39 is 30.1 Å². The van der Waals surface area contributed by atoms with Gasteiger partial charge in [0.15, 0.2) is 0 Å². The zero-order valence-corrected chi connectivity index (χ0v) is 30.7. The molecule has 1 aliphatic heterocycles. The molecule has 1 amide bonds. The molecule has 2 aromatic carbocycles. The van der Waals surface area contributed by atoms with Crippen LogP contribution in [-0.2, 0) is 16.1 Å². The summed E-state index contributed by atoms with van der Waals surface area (Å²) < 4.78 is 6.98. The molecule has 1 aliphatic carbocycles. The van der Waals surface area contributed by atoms with Gasteiger partial charge in [0, 0.05) is 0 Å². The number of rotatable bonds is 8. The van der Waals surface area contributed by atoms with Crippen LogP contribution in [0.5, 0.6) is 0 Å². The molecule has 43 heavy (non-hydrogen) atoms. The van der Waals surface area contributed by atoms with Crippen LogP contribution in [0, 0.1) is 11.3 Å². The van der Waals surface area contributed by atoms with Crippen LogP contribution in [0.2, 0.25) is 14.8 Å². The number of ketones is 1. The van der Waals surface area contributed by atoms with Gasteiger partial charge in [0.25, 0.3) is 0 Å². The van der Waals surface area contributed by atoms with Gasteiger partial charge in [-0.25, -0.2) is 0 Å². The predicted octanol–water partition coefficient (Wildman–Crippen LogP) is 6.61. The van der Waals surface area contributed by atoms with Gasteiger partial charge in [-0.3, -0.25) is 0 Å². The van der Waals surface area contributed by atoms with Gasteiger partial charge in [-0.1, -0.05) is 27.7 Å². The van der Waals surface area contributed by atoms with Crippen LogP contribution in [0.1, 0.15) is 84.4 Å². The average molecular weight is 697 g/mol. The normalized spacial score (nSPS) is 15.4. The Balaban J connectivity index is 0.000000934. The molecule has 2 aromatic rings. The van der Waals surface area contributed by atoms with Crippen molar-refractivity contribution in [3.8, 4) is 0 Å². The molecule has 234 valence electrons. The van der Waals surface area contributed by atoms with E-state index in [2.05, 4.69) is 75.7 Å². The number of hydrazone groups is 2. The number of nitrogens with one attached hydrogen (secondary N) is 2. The molecule has 2 N–H and O–H groups in total. The Morgan fingerprint density at radius 1 is 0.884 bits per heavy atom. The van der Waals surface area contributed by atoms with Crippen LogP contribution < -0.4 is 14.4 Å². The summed E-state index contributed by atoms with van der Waals surface area (Å²) in [6.07, 6.45) is 2.42. The summed E-state index contributed by atoms with van der Waals surface area (Å²) in [7, 11) is 0. The molecule has 0 bridgehead atoms. The van der Waals surface area contributed by atoms with Crippen LogP contribution in [-0.4, -0.2) is 59.0 Å². The molecule has 0 spiro atoms. The summed E-state index contributed by atoms with van der Waals surface area (Å²) in [5, 5.41) is 9.06. The Bertz CT molecular complexity index is 1320. The third-order valence-corrected chi connectivity index (χ3v) is 12.4. The number of ether oxygens (including phenoxy) is 1. The summed E-state index contributed by atoms with van der Waals surface area (Å²) >= 11 is -2.54. The van der Waals surface area contributed by atoms with Crippen molar-refractivity contribution in [2.24, 2.45) is 21.5 Å². The van der Waals surface area contributed by atoms with Crippen molar-refractivity contribution in [1.29, 1.82) is 0 Å². The van der Waals surface area contributed by atoms with E-state index in [0.717, 1.165) is 36.0 Å². The Morgan fingerprint density at radius 3 is 1.91 bits per heavy atom. The van der Waals surface area contributed by atoms with Gasteiger partial charge in [-0.15, -0.1) is 0 Å². The Labute approximate surface area is 262 Å². The molecule has 1 fully saturated rings. The van der Waals surface area contributed by atoms with Crippen molar-refractivity contribution >= 4 is 45.5 Å². The Hall–Kier alpha value is -2.88. The zero-order chi connectivity index (χ0) is 32.0. The number of amidine groups is 2. The second-order valence-corrected chi connectivity index (χ2v) is 29.6. The summed E-state index contributed by atoms with van der Waals surface area (Å²) in [6, 6.07) is 16.2. The van der Waals surface area contributed by atoms with Crippen molar-refractivity contribution < 1.29 is 14.3 Å². The van der Waals surface area contributed by atoms with Gasteiger partial charge in [-0.05, 0) is 5.41 Å². The molecule has 2 aliphatic rings. The van der Waals surface area contributed by atoms with E-state index in [0.29, 0.717) is 17.1 Å². The molecule has 0 saturated heterocycles. The fraction of sp³-hybridized carbons (Fsp3) is 0.529. The topological polar surface area (TPSA) is 95.4 Å². The fourth-order valence-corrected chi connectivity index (χ4v) is 7.70. The summed E-state index contributed by atoms with van der Waals surface area (Å²) in [6.45, 7) is 14.6. The number of carbonyl (C=O) groups is 2. The van der Waals surface area contributed by atoms with Gasteiger partial charge in [-0.2, -0.15) is 0 Å². The molecule has 0 unspecified atom stereocenters. The van der Waals surface area contributed by atoms with Crippen molar-refractivity contribution in [2.75, 3.05) is 6.54 Å². The summed E-state index contributed by atoms with van der Waals surface area (Å²) in [4.78, 5) is 34.7. The maximum absolute atomic E-state index is 13.2. The van der Waals surface area contributed by atoms with Crippen LogP contribution in [0.3, 0.4) is 0 Å². The van der Waals surface area contributed by atoms with Gasteiger partial charge < -0.3 is 0 Å². The number of benzene rings is 2. The minimum atomic E-state index is -2.54. The molecule has 0 atom stereocenters. The van der Waals surface area contributed by atoms with E-state index >= 15 is 0 Å². The number of nitrogens with zero attached hydrogens (tertiary/aromatic N) is 3. The van der Waals surface area contributed by atoms with E-state index in [1.165, 1.54) is 3.58 Å². The molecular formula is C34H51N5O3Sn. The van der Waals surface area contributed by atoms with E-state index in [9.17, 15) is 9.59 Å². The second-order valence-electron chi connectivity index (χ2n) is 15.1. The molecule has 9 heteroatoms.